The predicted octanol–water partition coefficient (Wildman–Crippen LogP) is 3.31. The first-order valence-corrected chi connectivity index (χ1v) is 7.53. The van der Waals surface area contributed by atoms with Gasteiger partial charge in [-0.25, -0.2) is 9.97 Å². The van der Waals surface area contributed by atoms with Crippen LogP contribution in [0.1, 0.15) is 0 Å². The maximum Gasteiger partial charge on any atom is 0.270 e. The normalized spacial score (nSPS) is 10.4. The lowest BCUT2D eigenvalue weighted by atomic mass is 10.2. The van der Waals surface area contributed by atoms with E-state index >= 15 is 0 Å². The molecule has 0 radical (unpaired) electrons. The van der Waals surface area contributed by atoms with E-state index in [0.717, 1.165) is 0 Å². The molecular formula is C17H16N4O5. The Labute approximate surface area is 148 Å². The zero-order valence-corrected chi connectivity index (χ0v) is 14.3. The molecule has 134 valence electrons. The summed E-state index contributed by atoms with van der Waals surface area (Å²) in [6.45, 7) is 0. The number of nitrogens with one attached hydrogen (secondary N) is 1. The molecule has 0 saturated heterocycles. The first-order valence-electron chi connectivity index (χ1n) is 7.53. The van der Waals surface area contributed by atoms with Crippen molar-refractivity contribution in [1.82, 2.24) is 9.97 Å². The molecule has 0 amide bonds. The molecule has 9 heteroatoms. The summed E-state index contributed by atoms with van der Waals surface area (Å²) in [6, 6.07) is 7.84. The van der Waals surface area contributed by atoms with Gasteiger partial charge >= 0.3 is 0 Å². The second-order valence-electron chi connectivity index (χ2n) is 5.22. The lowest BCUT2D eigenvalue weighted by molar-refractivity contribution is -0.384. The van der Waals surface area contributed by atoms with E-state index in [9.17, 15) is 10.1 Å². The molecule has 0 spiro atoms. The van der Waals surface area contributed by atoms with E-state index in [4.69, 9.17) is 14.2 Å². The van der Waals surface area contributed by atoms with Gasteiger partial charge in [0.05, 0.1) is 31.8 Å². The minimum absolute atomic E-state index is 0.0414. The first kappa shape index (κ1) is 17.2. The summed E-state index contributed by atoms with van der Waals surface area (Å²) in [7, 11) is 4.56. The number of non-ortho nitro benzene ring substituents is 1. The number of nitro benzene ring substituents is 1. The van der Waals surface area contributed by atoms with Crippen LogP contribution in [0.3, 0.4) is 0 Å². The Morgan fingerprint density at radius 1 is 1.00 bits per heavy atom. The van der Waals surface area contributed by atoms with Crippen molar-refractivity contribution in [1.29, 1.82) is 0 Å². The highest BCUT2D eigenvalue weighted by molar-refractivity contribution is 5.92. The van der Waals surface area contributed by atoms with Crippen molar-refractivity contribution in [2.45, 2.75) is 0 Å². The third-order valence-corrected chi connectivity index (χ3v) is 3.76. The summed E-state index contributed by atoms with van der Waals surface area (Å²) in [6.07, 6.45) is 1.38. The number of nitro groups is 1. The molecule has 0 aliphatic carbocycles. The van der Waals surface area contributed by atoms with Crippen molar-refractivity contribution in [2.75, 3.05) is 26.6 Å². The quantitative estimate of drug-likeness (QED) is 0.529. The minimum Gasteiger partial charge on any atom is -0.493 e. The second kappa shape index (κ2) is 7.09. The zero-order valence-electron chi connectivity index (χ0n) is 14.3. The molecule has 3 rings (SSSR count). The van der Waals surface area contributed by atoms with Crippen molar-refractivity contribution in [3.8, 4) is 17.2 Å². The number of rotatable bonds is 6. The van der Waals surface area contributed by atoms with Crippen LogP contribution in [-0.2, 0) is 0 Å². The standard InChI is InChI=1S/C17H16N4O5/c1-24-14-6-10(7-15(25-2)16(14)26-3)20-17-12-8-11(21(22)23)4-5-13(12)18-9-19-17/h4-9H,1-3H3,(H,18,19,20). The van der Waals surface area contributed by atoms with E-state index < -0.39 is 4.92 Å². The van der Waals surface area contributed by atoms with Gasteiger partial charge in [-0.2, -0.15) is 0 Å². The average molecular weight is 356 g/mol. The Kier molecular flexibility index (Phi) is 4.70. The number of anilines is 2. The Hall–Kier alpha value is -3.62. The average Bonchev–Trinajstić information content (AvgIpc) is 2.66. The van der Waals surface area contributed by atoms with Crippen LogP contribution in [0, 0.1) is 10.1 Å². The summed E-state index contributed by atoms with van der Waals surface area (Å²) < 4.78 is 16.0. The fourth-order valence-electron chi connectivity index (χ4n) is 2.55. The van der Waals surface area contributed by atoms with E-state index in [1.54, 1.807) is 18.2 Å². The molecule has 0 aliphatic rings. The maximum absolute atomic E-state index is 11.0. The van der Waals surface area contributed by atoms with Gasteiger partial charge in [-0.05, 0) is 6.07 Å². The molecule has 0 bridgehead atoms. The smallest absolute Gasteiger partial charge is 0.270 e. The van der Waals surface area contributed by atoms with Crippen LogP contribution in [0.2, 0.25) is 0 Å². The van der Waals surface area contributed by atoms with Gasteiger partial charge in [0.2, 0.25) is 5.75 Å². The number of aromatic nitrogens is 2. The third-order valence-electron chi connectivity index (χ3n) is 3.76. The number of fused-ring (bicyclic) bond motifs is 1. The zero-order chi connectivity index (χ0) is 18.7. The largest absolute Gasteiger partial charge is 0.493 e. The Morgan fingerprint density at radius 2 is 1.69 bits per heavy atom. The molecule has 9 nitrogen and oxygen atoms in total. The van der Waals surface area contributed by atoms with Gasteiger partial charge in [0.25, 0.3) is 5.69 Å². The van der Waals surface area contributed by atoms with E-state index in [1.165, 1.54) is 39.8 Å². The van der Waals surface area contributed by atoms with E-state index in [1.807, 2.05) is 0 Å². The number of methoxy groups -OCH3 is 3. The molecule has 1 heterocycles. The Bertz CT molecular complexity index is 952. The van der Waals surface area contributed by atoms with Crippen LogP contribution in [0.5, 0.6) is 17.2 Å². The van der Waals surface area contributed by atoms with Crippen LogP contribution >= 0.6 is 0 Å². The summed E-state index contributed by atoms with van der Waals surface area (Å²) in [5.41, 5.74) is 1.16. The van der Waals surface area contributed by atoms with Gasteiger partial charge in [-0.1, -0.05) is 0 Å². The second-order valence-corrected chi connectivity index (χ2v) is 5.22. The van der Waals surface area contributed by atoms with Crippen LogP contribution in [0.4, 0.5) is 17.2 Å². The Balaban J connectivity index is 2.09. The molecule has 26 heavy (non-hydrogen) atoms. The molecular weight excluding hydrogens is 340 g/mol. The van der Waals surface area contributed by atoms with Gasteiger partial charge in [-0.3, -0.25) is 10.1 Å². The fraction of sp³-hybridized carbons (Fsp3) is 0.176. The van der Waals surface area contributed by atoms with Crippen molar-refractivity contribution in [2.24, 2.45) is 0 Å². The maximum atomic E-state index is 11.0. The number of nitrogens with zero attached hydrogens (tertiary/aromatic N) is 3. The highest BCUT2D eigenvalue weighted by atomic mass is 16.6. The lowest BCUT2D eigenvalue weighted by Gasteiger charge is -2.15. The monoisotopic (exact) mass is 356 g/mol. The molecule has 0 fully saturated rings. The van der Waals surface area contributed by atoms with E-state index in [0.29, 0.717) is 39.7 Å². The van der Waals surface area contributed by atoms with Crippen molar-refractivity contribution < 1.29 is 19.1 Å². The summed E-state index contributed by atoms with van der Waals surface area (Å²) in [5.74, 6) is 1.83. The number of hydrogen-bond acceptors (Lipinski definition) is 8. The van der Waals surface area contributed by atoms with Gasteiger partial charge in [0.15, 0.2) is 11.5 Å². The van der Waals surface area contributed by atoms with Crippen LogP contribution < -0.4 is 19.5 Å². The number of hydrogen-bond donors (Lipinski definition) is 1. The molecule has 0 saturated carbocycles. The molecule has 3 aromatic rings. The molecule has 0 unspecified atom stereocenters. The van der Waals surface area contributed by atoms with Crippen LogP contribution in [0.25, 0.3) is 10.9 Å². The van der Waals surface area contributed by atoms with Crippen molar-refractivity contribution in [3.63, 3.8) is 0 Å². The molecule has 1 aromatic heterocycles. The van der Waals surface area contributed by atoms with E-state index in [2.05, 4.69) is 15.3 Å². The highest BCUT2D eigenvalue weighted by Crippen LogP contribution is 2.41. The van der Waals surface area contributed by atoms with Gasteiger partial charge in [-0.15, -0.1) is 0 Å². The SMILES string of the molecule is COc1cc(Nc2ncnc3ccc([N+](=O)[O-])cc23)cc(OC)c1OC. The van der Waals surface area contributed by atoms with Crippen molar-refractivity contribution >= 4 is 28.1 Å². The predicted molar refractivity (Wildman–Crippen MR) is 95.6 cm³/mol. The van der Waals surface area contributed by atoms with Crippen molar-refractivity contribution in [3.05, 3.63) is 46.8 Å². The minimum atomic E-state index is -0.463. The van der Waals surface area contributed by atoms with Gasteiger partial charge < -0.3 is 19.5 Å². The van der Waals surface area contributed by atoms with Crippen LogP contribution in [-0.4, -0.2) is 36.2 Å². The lowest BCUT2D eigenvalue weighted by Crippen LogP contribution is -2.00. The summed E-state index contributed by atoms with van der Waals surface area (Å²) in [4.78, 5) is 18.9. The topological polar surface area (TPSA) is 109 Å². The third kappa shape index (κ3) is 3.14. The highest BCUT2D eigenvalue weighted by Gasteiger charge is 2.15. The van der Waals surface area contributed by atoms with Crippen LogP contribution in [0.15, 0.2) is 36.7 Å². The summed E-state index contributed by atoms with van der Waals surface area (Å²) >= 11 is 0. The molecule has 1 N–H and O–H groups in total. The Morgan fingerprint density at radius 3 is 2.27 bits per heavy atom. The fourth-order valence-corrected chi connectivity index (χ4v) is 2.55. The molecule has 0 atom stereocenters. The first-order chi connectivity index (χ1) is 12.6. The summed E-state index contributed by atoms with van der Waals surface area (Å²) in [5, 5.41) is 14.7. The van der Waals surface area contributed by atoms with E-state index in [-0.39, 0.29) is 5.69 Å². The number of ether oxygens (including phenoxy) is 3. The molecule has 2 aromatic carbocycles. The van der Waals surface area contributed by atoms with Gasteiger partial charge in [0.1, 0.15) is 12.1 Å². The molecule has 0 aliphatic heterocycles. The van der Waals surface area contributed by atoms with Gasteiger partial charge in [0, 0.05) is 35.3 Å². The number of benzene rings is 2.